The summed E-state index contributed by atoms with van der Waals surface area (Å²) in [5.41, 5.74) is 6.44. The fourth-order valence-electron chi connectivity index (χ4n) is 1.21. The summed E-state index contributed by atoms with van der Waals surface area (Å²) in [6.45, 7) is 0.754. The van der Waals surface area contributed by atoms with Gasteiger partial charge in [-0.25, -0.2) is 4.79 Å². The van der Waals surface area contributed by atoms with Gasteiger partial charge < -0.3 is 19.9 Å². The Morgan fingerprint density at radius 2 is 2.06 bits per heavy atom. The Balaban J connectivity index is 2.90. The van der Waals surface area contributed by atoms with Crippen LogP contribution in [0, 0.1) is 0 Å². The third-order valence-electron chi connectivity index (χ3n) is 1.98. The molecule has 0 aliphatic rings. The molecule has 88 valence electrons. The number of hydrogen-bond acceptors (Lipinski definition) is 5. The first-order valence-electron chi connectivity index (χ1n) is 4.79. The van der Waals surface area contributed by atoms with E-state index >= 15 is 0 Å². The number of esters is 1. The molecule has 0 bridgehead atoms. The van der Waals surface area contributed by atoms with Crippen LogP contribution < -0.4 is 10.5 Å². The monoisotopic (exact) mass is 225 g/mol. The number of nitrogens with two attached hydrogens (primary N) is 1. The fraction of sp³-hybridized carbons (Fsp3) is 0.364. The highest BCUT2D eigenvalue weighted by Crippen LogP contribution is 2.26. The molecule has 0 aliphatic carbocycles. The lowest BCUT2D eigenvalue weighted by atomic mass is 10.2. The van der Waals surface area contributed by atoms with Gasteiger partial charge in [-0.1, -0.05) is 6.07 Å². The van der Waals surface area contributed by atoms with Gasteiger partial charge >= 0.3 is 5.97 Å². The third-order valence-corrected chi connectivity index (χ3v) is 1.98. The Morgan fingerprint density at radius 1 is 1.31 bits per heavy atom. The van der Waals surface area contributed by atoms with Crippen molar-refractivity contribution in [2.75, 3.05) is 33.2 Å². The first kappa shape index (κ1) is 12.3. The number of rotatable bonds is 5. The normalized spacial score (nSPS) is 9.88. The van der Waals surface area contributed by atoms with Gasteiger partial charge in [0.15, 0.2) is 5.75 Å². The maximum absolute atomic E-state index is 11.4. The van der Waals surface area contributed by atoms with E-state index in [4.69, 9.17) is 15.2 Å². The van der Waals surface area contributed by atoms with Crippen LogP contribution in [0.1, 0.15) is 10.4 Å². The van der Waals surface area contributed by atoms with Crippen LogP contribution in [0.3, 0.4) is 0 Å². The van der Waals surface area contributed by atoms with Crippen LogP contribution >= 0.6 is 0 Å². The summed E-state index contributed by atoms with van der Waals surface area (Å²) >= 11 is 0. The lowest BCUT2D eigenvalue weighted by molar-refractivity contribution is 0.0594. The zero-order chi connectivity index (χ0) is 12.0. The summed E-state index contributed by atoms with van der Waals surface area (Å²) in [7, 11) is 2.88. The van der Waals surface area contributed by atoms with Crippen molar-refractivity contribution in [3.63, 3.8) is 0 Å². The summed E-state index contributed by atoms with van der Waals surface area (Å²) in [5.74, 6) is -0.133. The number of carbonyl (C=O) groups excluding carboxylic acids is 1. The number of hydrogen-bond donors (Lipinski definition) is 1. The van der Waals surface area contributed by atoms with Crippen molar-refractivity contribution in [2.45, 2.75) is 0 Å². The van der Waals surface area contributed by atoms with Gasteiger partial charge in [-0.15, -0.1) is 0 Å². The highest BCUT2D eigenvalue weighted by Gasteiger charge is 2.15. The smallest absolute Gasteiger partial charge is 0.341 e. The standard InChI is InChI=1S/C11H15NO4/c1-14-6-7-16-10-8(11(13)15-2)4-3-5-9(10)12/h3-5H,6-7,12H2,1-2H3. The van der Waals surface area contributed by atoms with Crippen molar-refractivity contribution < 1.29 is 19.0 Å². The number of carbonyl (C=O) groups is 1. The molecule has 0 amide bonds. The number of ether oxygens (including phenoxy) is 3. The van der Waals surface area contributed by atoms with E-state index in [1.54, 1.807) is 25.3 Å². The predicted molar refractivity (Wildman–Crippen MR) is 59.6 cm³/mol. The second kappa shape index (κ2) is 5.97. The van der Waals surface area contributed by atoms with Crippen molar-refractivity contribution >= 4 is 11.7 Å². The quantitative estimate of drug-likeness (QED) is 0.461. The molecule has 16 heavy (non-hydrogen) atoms. The summed E-state index contributed by atoms with van der Waals surface area (Å²) in [6, 6.07) is 4.93. The molecule has 5 heteroatoms. The van der Waals surface area contributed by atoms with E-state index in [0.29, 0.717) is 30.2 Å². The average Bonchev–Trinajstić information content (AvgIpc) is 2.30. The fourth-order valence-corrected chi connectivity index (χ4v) is 1.21. The zero-order valence-corrected chi connectivity index (χ0v) is 9.36. The first-order valence-corrected chi connectivity index (χ1v) is 4.79. The highest BCUT2D eigenvalue weighted by molar-refractivity contribution is 5.94. The Kier molecular flexibility index (Phi) is 4.60. The van der Waals surface area contributed by atoms with E-state index in [1.807, 2.05) is 0 Å². The molecule has 0 atom stereocenters. The van der Waals surface area contributed by atoms with Crippen LogP contribution in [-0.4, -0.2) is 33.4 Å². The van der Waals surface area contributed by atoms with Gasteiger partial charge in [-0.2, -0.15) is 0 Å². The van der Waals surface area contributed by atoms with Crippen LogP contribution in [0.5, 0.6) is 5.75 Å². The molecule has 0 aromatic heterocycles. The molecule has 0 saturated carbocycles. The molecule has 0 unspecified atom stereocenters. The molecule has 0 spiro atoms. The molecule has 1 aromatic rings. The van der Waals surface area contributed by atoms with Crippen LogP contribution in [0.4, 0.5) is 5.69 Å². The number of anilines is 1. The maximum atomic E-state index is 11.4. The van der Waals surface area contributed by atoms with Gasteiger partial charge in [-0.05, 0) is 12.1 Å². The largest absolute Gasteiger partial charge is 0.488 e. The third kappa shape index (κ3) is 2.87. The van der Waals surface area contributed by atoms with E-state index < -0.39 is 5.97 Å². The predicted octanol–water partition coefficient (Wildman–Crippen LogP) is 1.08. The van der Waals surface area contributed by atoms with Gasteiger partial charge in [0.2, 0.25) is 0 Å². The average molecular weight is 225 g/mol. The van der Waals surface area contributed by atoms with Crippen molar-refractivity contribution in [2.24, 2.45) is 0 Å². The van der Waals surface area contributed by atoms with E-state index in [2.05, 4.69) is 4.74 Å². The number of para-hydroxylation sites is 1. The molecular weight excluding hydrogens is 210 g/mol. The van der Waals surface area contributed by atoms with E-state index in [1.165, 1.54) is 7.11 Å². The van der Waals surface area contributed by atoms with E-state index in [-0.39, 0.29) is 0 Å². The highest BCUT2D eigenvalue weighted by atomic mass is 16.5. The van der Waals surface area contributed by atoms with Crippen LogP contribution in [0.15, 0.2) is 18.2 Å². The summed E-state index contributed by atoms with van der Waals surface area (Å²) < 4.78 is 14.9. The van der Waals surface area contributed by atoms with Crippen LogP contribution in [0.2, 0.25) is 0 Å². The molecule has 0 radical (unpaired) electrons. The van der Waals surface area contributed by atoms with Crippen molar-refractivity contribution in [1.29, 1.82) is 0 Å². The number of nitrogen functional groups attached to an aromatic ring is 1. The van der Waals surface area contributed by atoms with E-state index in [9.17, 15) is 4.79 Å². The Bertz CT molecular complexity index is 365. The van der Waals surface area contributed by atoms with Gasteiger partial charge in [0.1, 0.15) is 12.2 Å². The SMILES string of the molecule is COCCOc1c(N)cccc1C(=O)OC. The van der Waals surface area contributed by atoms with Gasteiger partial charge in [0.25, 0.3) is 0 Å². The molecule has 2 N–H and O–H groups in total. The van der Waals surface area contributed by atoms with Gasteiger partial charge in [0.05, 0.1) is 19.4 Å². The molecular formula is C11H15NO4. The molecule has 5 nitrogen and oxygen atoms in total. The number of methoxy groups -OCH3 is 2. The van der Waals surface area contributed by atoms with Gasteiger partial charge in [0, 0.05) is 7.11 Å². The Hall–Kier alpha value is -1.75. The lowest BCUT2D eigenvalue weighted by Gasteiger charge is -2.11. The molecule has 0 aliphatic heterocycles. The second-order valence-corrected chi connectivity index (χ2v) is 3.06. The minimum atomic E-state index is -0.472. The number of benzene rings is 1. The minimum absolute atomic E-state index is 0.318. The first-order chi connectivity index (χ1) is 7.70. The maximum Gasteiger partial charge on any atom is 0.341 e. The van der Waals surface area contributed by atoms with Crippen molar-refractivity contribution in [3.8, 4) is 5.75 Å². The molecule has 0 fully saturated rings. The topological polar surface area (TPSA) is 70.8 Å². The molecule has 1 rings (SSSR count). The molecule has 0 saturated heterocycles. The second-order valence-electron chi connectivity index (χ2n) is 3.06. The van der Waals surface area contributed by atoms with Crippen LogP contribution in [-0.2, 0) is 9.47 Å². The Morgan fingerprint density at radius 3 is 2.69 bits per heavy atom. The van der Waals surface area contributed by atoms with Gasteiger partial charge in [-0.3, -0.25) is 0 Å². The summed E-state index contributed by atoms with van der Waals surface area (Å²) in [4.78, 5) is 11.4. The van der Waals surface area contributed by atoms with E-state index in [0.717, 1.165) is 0 Å². The van der Waals surface area contributed by atoms with Crippen LogP contribution in [0.25, 0.3) is 0 Å². The molecule has 0 heterocycles. The van der Waals surface area contributed by atoms with Crippen molar-refractivity contribution in [1.82, 2.24) is 0 Å². The Labute approximate surface area is 94.1 Å². The lowest BCUT2D eigenvalue weighted by Crippen LogP contribution is -2.11. The summed E-state index contributed by atoms with van der Waals surface area (Å²) in [5, 5.41) is 0. The van der Waals surface area contributed by atoms with Crippen molar-refractivity contribution in [3.05, 3.63) is 23.8 Å². The summed E-state index contributed by atoms with van der Waals surface area (Å²) in [6.07, 6.45) is 0. The molecule has 1 aromatic carbocycles. The minimum Gasteiger partial charge on any atom is -0.488 e. The zero-order valence-electron chi connectivity index (χ0n) is 9.36.